The van der Waals surface area contributed by atoms with Crippen LogP contribution in [0, 0.1) is 5.92 Å². The summed E-state index contributed by atoms with van der Waals surface area (Å²) >= 11 is 0. The molecule has 1 aromatic carbocycles. The number of benzene rings is 1. The minimum absolute atomic E-state index is 0.0438. The second-order valence-corrected chi connectivity index (χ2v) is 7.19. The number of Topliss-reactive ketones (excluding diaryl/α,β-unsaturated/α-hetero) is 2. The molecule has 3 heteroatoms. The van der Waals surface area contributed by atoms with E-state index in [-0.39, 0.29) is 17.1 Å². The Balaban J connectivity index is 1.89. The summed E-state index contributed by atoms with van der Waals surface area (Å²) in [5, 5.41) is 0. The summed E-state index contributed by atoms with van der Waals surface area (Å²) in [6.07, 6.45) is 2.78. The van der Waals surface area contributed by atoms with Gasteiger partial charge >= 0.3 is 0 Å². The lowest BCUT2D eigenvalue weighted by molar-refractivity contribution is -0.126. The van der Waals surface area contributed by atoms with Gasteiger partial charge in [0, 0.05) is 25.1 Å². The predicted octanol–water partition coefficient (Wildman–Crippen LogP) is 2.99. The van der Waals surface area contributed by atoms with E-state index < -0.39 is 0 Å². The number of hydrogen-bond donors (Lipinski definition) is 0. The van der Waals surface area contributed by atoms with Crippen LogP contribution in [-0.4, -0.2) is 23.0 Å². The van der Waals surface area contributed by atoms with Gasteiger partial charge in [0.15, 0.2) is 11.6 Å². The highest BCUT2D eigenvalue weighted by Crippen LogP contribution is 2.47. The van der Waals surface area contributed by atoms with Gasteiger partial charge in [0.2, 0.25) is 0 Å². The lowest BCUT2D eigenvalue weighted by Crippen LogP contribution is -2.54. The Kier molecular flexibility index (Phi) is 2.84. The number of ketones is 2. The van der Waals surface area contributed by atoms with Crippen molar-refractivity contribution in [3.8, 4) is 0 Å². The average molecular weight is 295 g/mol. The Morgan fingerprint density at radius 1 is 1.14 bits per heavy atom. The number of allylic oxidation sites excluding steroid dienone is 2. The quantitative estimate of drug-likeness (QED) is 0.691. The topological polar surface area (TPSA) is 37.4 Å². The molecule has 2 atom stereocenters. The molecule has 0 amide bonds. The molecule has 1 aromatic rings. The van der Waals surface area contributed by atoms with Gasteiger partial charge in [-0.3, -0.25) is 9.59 Å². The van der Waals surface area contributed by atoms with Gasteiger partial charge in [-0.2, -0.15) is 0 Å². The van der Waals surface area contributed by atoms with Gasteiger partial charge in [-0.05, 0) is 36.8 Å². The first kappa shape index (κ1) is 13.7. The first-order chi connectivity index (χ1) is 10.5. The van der Waals surface area contributed by atoms with Crippen molar-refractivity contribution in [2.45, 2.75) is 45.1 Å². The fourth-order valence-corrected chi connectivity index (χ4v) is 4.56. The molecule has 114 valence electrons. The minimum Gasteiger partial charge on any atom is -0.364 e. The van der Waals surface area contributed by atoms with E-state index in [0.29, 0.717) is 24.3 Å². The van der Waals surface area contributed by atoms with Crippen molar-refractivity contribution >= 4 is 11.6 Å². The van der Waals surface area contributed by atoms with E-state index in [2.05, 4.69) is 43.0 Å². The normalized spacial score (nSPS) is 30.8. The maximum absolute atomic E-state index is 12.7. The molecule has 2 aliphatic heterocycles. The fourth-order valence-electron chi connectivity index (χ4n) is 4.56. The SMILES string of the molecule is C[C@@H]1CC(=O)C2=C(C1)N1CCc3ccccc3[C@]1(C)CC2=O. The zero-order chi connectivity index (χ0) is 15.5. The Morgan fingerprint density at radius 3 is 2.73 bits per heavy atom. The summed E-state index contributed by atoms with van der Waals surface area (Å²) in [4.78, 5) is 27.4. The molecule has 3 aliphatic rings. The Labute approximate surface area is 131 Å². The van der Waals surface area contributed by atoms with Gasteiger partial charge in [0.1, 0.15) is 0 Å². The lowest BCUT2D eigenvalue weighted by Gasteiger charge is -2.52. The summed E-state index contributed by atoms with van der Waals surface area (Å²) in [5.74, 6) is 0.431. The largest absolute Gasteiger partial charge is 0.364 e. The van der Waals surface area contributed by atoms with Gasteiger partial charge in [-0.15, -0.1) is 0 Å². The van der Waals surface area contributed by atoms with Crippen LogP contribution in [0.25, 0.3) is 0 Å². The number of carbonyl (C=O) groups is 2. The Hall–Kier alpha value is -1.90. The maximum Gasteiger partial charge on any atom is 0.170 e. The van der Waals surface area contributed by atoms with E-state index in [1.807, 2.05) is 0 Å². The van der Waals surface area contributed by atoms with Gasteiger partial charge in [-0.1, -0.05) is 31.2 Å². The van der Waals surface area contributed by atoms with E-state index in [9.17, 15) is 9.59 Å². The van der Waals surface area contributed by atoms with E-state index in [1.165, 1.54) is 11.1 Å². The molecule has 0 N–H and O–H groups in total. The van der Waals surface area contributed by atoms with Crippen LogP contribution in [-0.2, 0) is 21.5 Å². The first-order valence-electron chi connectivity index (χ1n) is 8.16. The van der Waals surface area contributed by atoms with Gasteiger partial charge in [-0.25, -0.2) is 0 Å². The van der Waals surface area contributed by atoms with Crippen LogP contribution >= 0.6 is 0 Å². The van der Waals surface area contributed by atoms with Crippen LogP contribution in [0.1, 0.15) is 44.2 Å². The molecule has 0 spiro atoms. The third-order valence-electron chi connectivity index (χ3n) is 5.55. The summed E-state index contributed by atoms with van der Waals surface area (Å²) in [5.41, 5.74) is 3.83. The van der Waals surface area contributed by atoms with Crippen LogP contribution in [0.15, 0.2) is 35.5 Å². The average Bonchev–Trinajstić information content (AvgIpc) is 2.46. The monoisotopic (exact) mass is 295 g/mol. The van der Waals surface area contributed by atoms with Gasteiger partial charge < -0.3 is 4.90 Å². The van der Waals surface area contributed by atoms with Crippen LogP contribution in [0.5, 0.6) is 0 Å². The van der Waals surface area contributed by atoms with Gasteiger partial charge in [0.25, 0.3) is 0 Å². The molecule has 4 rings (SSSR count). The minimum atomic E-state index is -0.290. The number of nitrogens with zero attached hydrogens (tertiary/aromatic N) is 1. The fraction of sp³-hybridized carbons (Fsp3) is 0.474. The van der Waals surface area contributed by atoms with Crippen LogP contribution in [0.4, 0.5) is 0 Å². The summed E-state index contributed by atoms with van der Waals surface area (Å²) in [7, 11) is 0. The van der Waals surface area contributed by atoms with Crippen molar-refractivity contribution in [2.75, 3.05) is 6.54 Å². The molecule has 0 radical (unpaired) electrons. The number of hydrogen-bond acceptors (Lipinski definition) is 3. The van der Waals surface area contributed by atoms with Crippen molar-refractivity contribution in [3.63, 3.8) is 0 Å². The third-order valence-corrected chi connectivity index (χ3v) is 5.55. The molecule has 0 unspecified atom stereocenters. The van der Waals surface area contributed by atoms with Crippen LogP contribution in [0.3, 0.4) is 0 Å². The second-order valence-electron chi connectivity index (χ2n) is 7.19. The summed E-state index contributed by atoms with van der Waals surface area (Å²) in [6, 6.07) is 8.44. The van der Waals surface area contributed by atoms with E-state index in [1.54, 1.807) is 0 Å². The Morgan fingerprint density at radius 2 is 1.91 bits per heavy atom. The highest BCUT2D eigenvalue weighted by atomic mass is 16.1. The molecule has 0 fully saturated rings. The first-order valence-corrected chi connectivity index (χ1v) is 8.16. The summed E-state index contributed by atoms with van der Waals surface area (Å²) < 4.78 is 0. The number of fused-ring (bicyclic) bond motifs is 4. The molecule has 0 saturated carbocycles. The van der Waals surface area contributed by atoms with Crippen LogP contribution < -0.4 is 0 Å². The molecule has 22 heavy (non-hydrogen) atoms. The molecule has 0 aromatic heterocycles. The molecule has 0 bridgehead atoms. The van der Waals surface area contributed by atoms with Gasteiger partial charge in [0.05, 0.1) is 11.1 Å². The van der Waals surface area contributed by atoms with Crippen molar-refractivity contribution in [1.82, 2.24) is 4.90 Å². The number of rotatable bonds is 0. The van der Waals surface area contributed by atoms with E-state index >= 15 is 0 Å². The number of carbonyl (C=O) groups excluding carboxylic acids is 2. The Bertz CT molecular complexity index is 718. The van der Waals surface area contributed by atoms with Crippen molar-refractivity contribution < 1.29 is 9.59 Å². The molecular weight excluding hydrogens is 274 g/mol. The smallest absolute Gasteiger partial charge is 0.170 e. The molecule has 2 heterocycles. The molecular formula is C19H21NO2. The van der Waals surface area contributed by atoms with Crippen molar-refractivity contribution in [3.05, 3.63) is 46.7 Å². The van der Waals surface area contributed by atoms with Crippen molar-refractivity contribution in [1.29, 1.82) is 0 Å². The van der Waals surface area contributed by atoms with Crippen molar-refractivity contribution in [2.24, 2.45) is 5.92 Å². The lowest BCUT2D eigenvalue weighted by atomic mass is 9.71. The van der Waals surface area contributed by atoms with Crippen LogP contribution in [0.2, 0.25) is 0 Å². The zero-order valence-electron chi connectivity index (χ0n) is 13.2. The second kappa shape index (κ2) is 4.55. The maximum atomic E-state index is 12.7. The third kappa shape index (κ3) is 1.74. The highest BCUT2D eigenvalue weighted by molar-refractivity contribution is 6.22. The van der Waals surface area contributed by atoms with E-state index in [4.69, 9.17) is 0 Å². The predicted molar refractivity (Wildman–Crippen MR) is 84.3 cm³/mol. The molecule has 1 aliphatic carbocycles. The molecule has 3 nitrogen and oxygen atoms in total. The van der Waals surface area contributed by atoms with E-state index in [0.717, 1.165) is 25.1 Å². The molecule has 0 saturated heterocycles. The zero-order valence-corrected chi connectivity index (χ0v) is 13.2. The summed E-state index contributed by atoms with van der Waals surface area (Å²) in [6.45, 7) is 5.17. The standard InChI is InChI=1S/C19H21NO2/c1-12-9-15-18(16(21)10-12)17(22)11-19(2)14-6-4-3-5-13(14)7-8-20(15)19/h3-6,12H,7-11H2,1-2H3/t12-,19-/m0/s1. The highest BCUT2D eigenvalue weighted by Gasteiger charge is 2.48.